The van der Waals surface area contributed by atoms with Crippen LogP contribution in [0.25, 0.3) is 0 Å². The average molecular weight is 305 g/mol. The van der Waals surface area contributed by atoms with Gasteiger partial charge in [-0.15, -0.1) is 0 Å². The van der Waals surface area contributed by atoms with Crippen molar-refractivity contribution in [2.45, 2.75) is 26.4 Å². The molecule has 2 N–H and O–H groups in total. The molecule has 0 radical (unpaired) electrons. The van der Waals surface area contributed by atoms with Crippen LogP contribution in [-0.4, -0.2) is 30.1 Å². The van der Waals surface area contributed by atoms with Gasteiger partial charge in [0.25, 0.3) is 0 Å². The molecule has 1 amide bonds. The van der Waals surface area contributed by atoms with E-state index in [0.717, 1.165) is 5.56 Å². The zero-order valence-corrected chi connectivity index (χ0v) is 12.8. The summed E-state index contributed by atoms with van der Waals surface area (Å²) in [6.45, 7) is 3.63. The summed E-state index contributed by atoms with van der Waals surface area (Å²) >= 11 is 0. The van der Waals surface area contributed by atoms with Crippen molar-refractivity contribution in [3.63, 3.8) is 0 Å². The fourth-order valence-electron chi connectivity index (χ4n) is 2.53. The standard InChI is InChI=1S/C17H23NO4/c1-12(10-22-11-13-5-3-2-4-6-13)9-18-16(19)14-7-8-15(14)17(20)21/h2-6,12,14-15H,7-11H2,1H3,(H,18,19)(H,20,21). The highest BCUT2D eigenvalue weighted by atomic mass is 16.5. The van der Waals surface area contributed by atoms with Crippen LogP contribution >= 0.6 is 0 Å². The van der Waals surface area contributed by atoms with E-state index >= 15 is 0 Å². The molecule has 0 heterocycles. The quantitative estimate of drug-likeness (QED) is 0.771. The fourth-order valence-corrected chi connectivity index (χ4v) is 2.53. The summed E-state index contributed by atoms with van der Waals surface area (Å²) in [5, 5.41) is 11.8. The number of ether oxygens (including phenoxy) is 1. The molecule has 1 aliphatic rings. The molecule has 1 saturated carbocycles. The first-order chi connectivity index (χ1) is 10.6. The smallest absolute Gasteiger partial charge is 0.307 e. The second kappa shape index (κ2) is 7.94. The number of carboxylic acid groups (broad SMARTS) is 1. The fraction of sp³-hybridized carbons (Fsp3) is 0.529. The molecule has 22 heavy (non-hydrogen) atoms. The molecule has 0 aliphatic heterocycles. The van der Waals surface area contributed by atoms with Crippen molar-refractivity contribution in [2.24, 2.45) is 17.8 Å². The molecule has 5 heteroatoms. The van der Waals surface area contributed by atoms with Crippen LogP contribution in [0.15, 0.2) is 30.3 Å². The Labute approximate surface area is 130 Å². The number of carbonyl (C=O) groups is 2. The third-order valence-electron chi connectivity index (χ3n) is 4.07. The van der Waals surface area contributed by atoms with E-state index in [9.17, 15) is 9.59 Å². The molecule has 0 bridgehead atoms. The lowest BCUT2D eigenvalue weighted by molar-refractivity contribution is -0.152. The number of hydrogen-bond donors (Lipinski definition) is 2. The van der Waals surface area contributed by atoms with Crippen molar-refractivity contribution in [3.8, 4) is 0 Å². The van der Waals surface area contributed by atoms with Gasteiger partial charge in [0, 0.05) is 6.54 Å². The van der Waals surface area contributed by atoms with E-state index in [0.29, 0.717) is 32.6 Å². The summed E-state index contributed by atoms with van der Waals surface area (Å²) in [5.41, 5.74) is 1.12. The number of hydrogen-bond acceptors (Lipinski definition) is 3. The van der Waals surface area contributed by atoms with Crippen molar-refractivity contribution in [2.75, 3.05) is 13.2 Å². The molecule has 0 aromatic heterocycles. The van der Waals surface area contributed by atoms with E-state index < -0.39 is 11.9 Å². The summed E-state index contributed by atoms with van der Waals surface area (Å²) in [6, 6.07) is 9.93. The topological polar surface area (TPSA) is 75.6 Å². The summed E-state index contributed by atoms with van der Waals surface area (Å²) in [6.07, 6.45) is 1.27. The van der Waals surface area contributed by atoms with Gasteiger partial charge in [-0.3, -0.25) is 9.59 Å². The van der Waals surface area contributed by atoms with Crippen molar-refractivity contribution in [1.82, 2.24) is 5.32 Å². The maximum Gasteiger partial charge on any atom is 0.307 e. The van der Waals surface area contributed by atoms with Gasteiger partial charge >= 0.3 is 5.97 Å². The number of nitrogens with one attached hydrogen (secondary N) is 1. The molecule has 1 fully saturated rings. The maximum atomic E-state index is 11.9. The van der Waals surface area contributed by atoms with Crippen molar-refractivity contribution < 1.29 is 19.4 Å². The van der Waals surface area contributed by atoms with E-state index in [4.69, 9.17) is 9.84 Å². The van der Waals surface area contributed by atoms with Gasteiger partial charge in [0.05, 0.1) is 25.0 Å². The third kappa shape index (κ3) is 4.56. The number of aliphatic carboxylic acids is 1. The molecule has 0 spiro atoms. The summed E-state index contributed by atoms with van der Waals surface area (Å²) < 4.78 is 5.63. The molecule has 2 rings (SSSR count). The molecule has 1 aromatic carbocycles. The van der Waals surface area contributed by atoms with E-state index in [1.807, 2.05) is 37.3 Å². The lowest BCUT2D eigenvalue weighted by Crippen LogP contribution is -2.45. The normalized spacial score (nSPS) is 21.7. The number of carboxylic acids is 1. The van der Waals surface area contributed by atoms with Gasteiger partial charge in [0.2, 0.25) is 5.91 Å². The Kier molecular flexibility index (Phi) is 5.95. The first-order valence-corrected chi connectivity index (χ1v) is 7.70. The molecule has 1 aromatic rings. The van der Waals surface area contributed by atoms with Crippen LogP contribution in [0.4, 0.5) is 0 Å². The summed E-state index contributed by atoms with van der Waals surface area (Å²) in [4.78, 5) is 22.8. The zero-order valence-electron chi connectivity index (χ0n) is 12.8. The van der Waals surface area contributed by atoms with Gasteiger partial charge in [-0.05, 0) is 24.3 Å². The molecule has 120 valence electrons. The van der Waals surface area contributed by atoms with E-state index in [2.05, 4.69) is 5.32 Å². The van der Waals surface area contributed by atoms with E-state index in [-0.39, 0.29) is 17.7 Å². The number of carbonyl (C=O) groups excluding carboxylic acids is 1. The summed E-state index contributed by atoms with van der Waals surface area (Å²) in [5.74, 6) is -1.70. The monoisotopic (exact) mass is 305 g/mol. The maximum absolute atomic E-state index is 11.9. The highest BCUT2D eigenvalue weighted by Gasteiger charge is 2.41. The Morgan fingerprint density at radius 3 is 2.55 bits per heavy atom. The van der Waals surface area contributed by atoms with Gasteiger partial charge < -0.3 is 15.2 Å². The second-order valence-corrected chi connectivity index (χ2v) is 5.98. The minimum Gasteiger partial charge on any atom is -0.481 e. The molecule has 0 saturated heterocycles. The van der Waals surface area contributed by atoms with Crippen LogP contribution in [0.3, 0.4) is 0 Å². The highest BCUT2D eigenvalue weighted by molar-refractivity contribution is 5.86. The van der Waals surface area contributed by atoms with Crippen molar-refractivity contribution in [3.05, 3.63) is 35.9 Å². The van der Waals surface area contributed by atoms with Gasteiger partial charge in [-0.1, -0.05) is 37.3 Å². The average Bonchev–Trinajstić information content (AvgIpc) is 2.44. The van der Waals surface area contributed by atoms with Crippen LogP contribution in [0.2, 0.25) is 0 Å². The number of benzene rings is 1. The first kappa shape index (κ1) is 16.5. The van der Waals surface area contributed by atoms with E-state index in [1.165, 1.54) is 0 Å². The van der Waals surface area contributed by atoms with Gasteiger partial charge in [0.1, 0.15) is 0 Å². The SMILES string of the molecule is CC(CNC(=O)C1CCC1C(=O)O)COCc1ccccc1. The number of amides is 1. The van der Waals surface area contributed by atoms with Gasteiger partial charge in [0.15, 0.2) is 0 Å². The Morgan fingerprint density at radius 1 is 1.27 bits per heavy atom. The van der Waals surface area contributed by atoms with Crippen molar-refractivity contribution >= 4 is 11.9 Å². The van der Waals surface area contributed by atoms with Gasteiger partial charge in [-0.25, -0.2) is 0 Å². The molecule has 1 aliphatic carbocycles. The predicted molar refractivity (Wildman–Crippen MR) is 82.1 cm³/mol. The molecule has 3 unspecified atom stereocenters. The number of rotatable bonds is 8. The Bertz CT molecular complexity index is 503. The van der Waals surface area contributed by atoms with Crippen LogP contribution < -0.4 is 5.32 Å². The molecular weight excluding hydrogens is 282 g/mol. The molecular formula is C17H23NO4. The largest absolute Gasteiger partial charge is 0.481 e. The molecule has 3 atom stereocenters. The minimum absolute atomic E-state index is 0.145. The lowest BCUT2D eigenvalue weighted by Gasteiger charge is -2.32. The van der Waals surface area contributed by atoms with Crippen LogP contribution in [-0.2, 0) is 20.9 Å². The second-order valence-electron chi connectivity index (χ2n) is 5.98. The summed E-state index contributed by atoms with van der Waals surface area (Å²) in [7, 11) is 0. The van der Waals surface area contributed by atoms with Crippen molar-refractivity contribution in [1.29, 1.82) is 0 Å². The van der Waals surface area contributed by atoms with Gasteiger partial charge in [-0.2, -0.15) is 0 Å². The Hall–Kier alpha value is -1.88. The Balaban J connectivity index is 1.62. The van der Waals surface area contributed by atoms with Crippen LogP contribution in [0, 0.1) is 17.8 Å². The van der Waals surface area contributed by atoms with Crippen LogP contribution in [0.1, 0.15) is 25.3 Å². The Morgan fingerprint density at radius 2 is 1.95 bits per heavy atom. The highest BCUT2D eigenvalue weighted by Crippen LogP contribution is 2.34. The predicted octanol–water partition coefficient (Wildman–Crippen LogP) is 2.07. The zero-order chi connectivity index (χ0) is 15.9. The van der Waals surface area contributed by atoms with Crippen LogP contribution in [0.5, 0.6) is 0 Å². The lowest BCUT2D eigenvalue weighted by atomic mass is 9.73. The third-order valence-corrected chi connectivity index (χ3v) is 4.07. The van der Waals surface area contributed by atoms with E-state index in [1.54, 1.807) is 0 Å². The minimum atomic E-state index is -0.870. The first-order valence-electron chi connectivity index (χ1n) is 7.70. The molecule has 5 nitrogen and oxygen atoms in total.